The molecule has 0 amide bonds. The third kappa shape index (κ3) is 3.93. The first-order valence-corrected chi connectivity index (χ1v) is 14.3. The van der Waals surface area contributed by atoms with E-state index in [4.69, 9.17) is 11.6 Å². The molecule has 0 spiro atoms. The van der Waals surface area contributed by atoms with Crippen molar-refractivity contribution in [1.82, 2.24) is 19.4 Å². The fourth-order valence-electron chi connectivity index (χ4n) is 6.32. The van der Waals surface area contributed by atoms with Crippen LogP contribution < -0.4 is 21.5 Å². The number of hydrogen-bond acceptors (Lipinski definition) is 6. The summed E-state index contributed by atoms with van der Waals surface area (Å²) in [5.41, 5.74) is 6.13. The third-order valence-corrected chi connectivity index (χ3v) is 9.37. The van der Waals surface area contributed by atoms with Gasteiger partial charge in [0.15, 0.2) is 0 Å². The second kappa shape index (κ2) is 9.11. The van der Waals surface area contributed by atoms with Gasteiger partial charge in [0.2, 0.25) is 0 Å². The molecule has 7 rings (SSSR count). The number of pyridine rings is 1. The summed E-state index contributed by atoms with van der Waals surface area (Å²) in [5.74, 6) is 0. The molecule has 9 heteroatoms. The minimum absolute atomic E-state index is 0.213. The van der Waals surface area contributed by atoms with E-state index < -0.39 is 0 Å². The number of nitrogens with zero attached hydrogens (tertiary/aromatic N) is 4. The first-order valence-electron chi connectivity index (χ1n) is 13.1. The van der Waals surface area contributed by atoms with Crippen LogP contribution in [0.1, 0.15) is 35.4 Å². The molecular weight excluding hydrogens is 506 g/mol. The van der Waals surface area contributed by atoms with Crippen molar-refractivity contribution in [2.45, 2.75) is 51.2 Å². The number of aromatic nitrogens is 3. The highest BCUT2D eigenvalue weighted by molar-refractivity contribution is 7.19. The summed E-state index contributed by atoms with van der Waals surface area (Å²) in [6.07, 6.45) is 6.84. The lowest BCUT2D eigenvalue weighted by Crippen LogP contribution is -2.40. The van der Waals surface area contributed by atoms with Gasteiger partial charge in [-0.2, -0.15) is 0 Å². The van der Waals surface area contributed by atoms with E-state index in [1.807, 2.05) is 12.3 Å². The standard InChI is InChI=1S/C28H28ClN5O2S/c29-18-11-17-3-1-9-32(20-5-7-30-15-20)26(17)23(12-18)22-6-8-31-24-14-21(37-27(22)24)16-34-25(35)13-19-4-2-10-33(19)28(34)36/h6,8,11-14,20,30H,1-5,7,9-10,15-16H2. The Labute approximate surface area is 223 Å². The van der Waals surface area contributed by atoms with Gasteiger partial charge in [0.25, 0.3) is 5.56 Å². The van der Waals surface area contributed by atoms with Gasteiger partial charge in [-0.3, -0.25) is 18.9 Å². The Morgan fingerprint density at radius 1 is 1.08 bits per heavy atom. The van der Waals surface area contributed by atoms with E-state index in [0.717, 1.165) is 88.7 Å². The summed E-state index contributed by atoms with van der Waals surface area (Å²) < 4.78 is 4.16. The van der Waals surface area contributed by atoms with Crippen LogP contribution in [0.3, 0.4) is 0 Å². The second-order valence-corrected chi connectivity index (χ2v) is 11.9. The highest BCUT2D eigenvalue weighted by Crippen LogP contribution is 2.44. The van der Waals surface area contributed by atoms with Crippen molar-refractivity contribution in [2.24, 2.45) is 0 Å². The van der Waals surface area contributed by atoms with Crippen molar-refractivity contribution in [1.29, 1.82) is 0 Å². The van der Waals surface area contributed by atoms with Gasteiger partial charge in [-0.1, -0.05) is 11.6 Å². The lowest BCUT2D eigenvalue weighted by molar-refractivity contribution is 0.592. The van der Waals surface area contributed by atoms with E-state index >= 15 is 0 Å². The highest BCUT2D eigenvalue weighted by atomic mass is 35.5. The van der Waals surface area contributed by atoms with Crippen LogP contribution in [0.15, 0.2) is 46.1 Å². The Kier molecular flexibility index (Phi) is 5.71. The zero-order valence-corrected chi connectivity index (χ0v) is 22.1. The van der Waals surface area contributed by atoms with Crippen LogP contribution in [0.5, 0.6) is 0 Å². The van der Waals surface area contributed by atoms with Crippen molar-refractivity contribution >= 4 is 38.8 Å². The zero-order valence-electron chi connectivity index (χ0n) is 20.5. The Bertz CT molecular complexity index is 1650. The van der Waals surface area contributed by atoms with E-state index in [0.29, 0.717) is 12.6 Å². The van der Waals surface area contributed by atoms with Crippen molar-refractivity contribution in [3.05, 3.63) is 78.5 Å². The van der Waals surface area contributed by atoms with Crippen LogP contribution in [0.4, 0.5) is 5.69 Å². The molecule has 6 heterocycles. The SMILES string of the molecule is O=c1cc2n(c(=O)n1Cc1cc3nccc(-c4cc(Cl)cc5c4N(C4CCNC4)CCC5)c3s1)CCC2. The summed E-state index contributed by atoms with van der Waals surface area (Å²) in [7, 11) is 0. The lowest BCUT2D eigenvalue weighted by atomic mass is 9.92. The van der Waals surface area contributed by atoms with Crippen LogP contribution in [0.25, 0.3) is 21.3 Å². The normalized spacial score (nSPS) is 18.9. The van der Waals surface area contributed by atoms with Crippen molar-refractivity contribution in [3.8, 4) is 11.1 Å². The smallest absolute Gasteiger partial charge is 0.331 e. The third-order valence-electron chi connectivity index (χ3n) is 8.01. The molecule has 1 N–H and O–H groups in total. The maximum atomic E-state index is 13.0. The van der Waals surface area contributed by atoms with Gasteiger partial charge < -0.3 is 10.2 Å². The molecule has 3 aliphatic rings. The number of rotatable bonds is 4. The van der Waals surface area contributed by atoms with E-state index in [1.165, 1.54) is 15.8 Å². The van der Waals surface area contributed by atoms with Crippen molar-refractivity contribution in [2.75, 3.05) is 24.5 Å². The predicted molar refractivity (Wildman–Crippen MR) is 149 cm³/mol. The first-order chi connectivity index (χ1) is 18.1. The summed E-state index contributed by atoms with van der Waals surface area (Å²) in [6.45, 7) is 4.03. The van der Waals surface area contributed by atoms with E-state index in [1.54, 1.807) is 22.0 Å². The summed E-state index contributed by atoms with van der Waals surface area (Å²) >= 11 is 8.28. The van der Waals surface area contributed by atoms with Crippen molar-refractivity contribution < 1.29 is 0 Å². The van der Waals surface area contributed by atoms with Gasteiger partial charge in [-0.05, 0) is 68.5 Å². The molecule has 4 aromatic rings. The largest absolute Gasteiger partial charge is 0.366 e. The number of benzene rings is 1. The molecule has 0 bridgehead atoms. The van der Waals surface area contributed by atoms with Crippen molar-refractivity contribution in [3.63, 3.8) is 0 Å². The van der Waals surface area contributed by atoms with E-state index in [-0.39, 0.29) is 17.8 Å². The molecule has 7 nitrogen and oxygen atoms in total. The molecule has 37 heavy (non-hydrogen) atoms. The number of thiophene rings is 1. The summed E-state index contributed by atoms with van der Waals surface area (Å²) in [5, 5.41) is 4.27. The van der Waals surface area contributed by atoms with E-state index in [9.17, 15) is 9.59 Å². The number of hydrogen-bond donors (Lipinski definition) is 1. The van der Waals surface area contributed by atoms with Crippen LogP contribution in [-0.2, 0) is 25.9 Å². The number of aryl methyl sites for hydroxylation is 2. The quantitative estimate of drug-likeness (QED) is 0.428. The maximum Gasteiger partial charge on any atom is 0.331 e. The van der Waals surface area contributed by atoms with Gasteiger partial charge in [0.1, 0.15) is 0 Å². The molecule has 1 aromatic carbocycles. The molecule has 1 atom stereocenters. The Morgan fingerprint density at radius 3 is 2.84 bits per heavy atom. The molecule has 1 saturated heterocycles. The fraction of sp³-hybridized carbons (Fsp3) is 0.393. The molecule has 0 aliphatic carbocycles. The molecule has 190 valence electrons. The molecule has 0 radical (unpaired) electrons. The monoisotopic (exact) mass is 533 g/mol. The van der Waals surface area contributed by atoms with Crippen LogP contribution in [-0.4, -0.2) is 39.8 Å². The topological polar surface area (TPSA) is 72.2 Å². The minimum atomic E-state index is -0.228. The number of anilines is 1. The molecule has 3 aromatic heterocycles. The highest BCUT2D eigenvalue weighted by Gasteiger charge is 2.30. The van der Waals surface area contributed by atoms with Gasteiger partial charge in [0.05, 0.1) is 16.8 Å². The average Bonchev–Trinajstić information content (AvgIpc) is 3.66. The summed E-state index contributed by atoms with van der Waals surface area (Å²) in [4.78, 5) is 34.0. The zero-order chi connectivity index (χ0) is 25.1. The molecular formula is C28H28ClN5O2S. The van der Waals surface area contributed by atoms with Gasteiger partial charge in [0, 0.05) is 70.3 Å². The number of fused-ring (bicyclic) bond motifs is 3. The molecule has 0 saturated carbocycles. The fourth-order valence-corrected chi connectivity index (χ4v) is 7.69. The van der Waals surface area contributed by atoms with Crippen LogP contribution in [0.2, 0.25) is 5.02 Å². The van der Waals surface area contributed by atoms with E-state index in [2.05, 4.69) is 33.4 Å². The molecule has 3 aliphatic heterocycles. The van der Waals surface area contributed by atoms with Crippen LogP contribution >= 0.6 is 22.9 Å². The number of halogens is 1. The second-order valence-electron chi connectivity index (χ2n) is 10.3. The molecule has 1 fully saturated rings. The average molecular weight is 534 g/mol. The Hall–Kier alpha value is -2.94. The first kappa shape index (κ1) is 23.2. The summed E-state index contributed by atoms with van der Waals surface area (Å²) in [6, 6.07) is 10.4. The Morgan fingerprint density at radius 2 is 1.97 bits per heavy atom. The van der Waals surface area contributed by atoms with Gasteiger partial charge in [-0.15, -0.1) is 11.3 Å². The molecule has 1 unspecified atom stereocenters. The Balaban J connectivity index is 1.34. The predicted octanol–water partition coefficient (Wildman–Crippen LogP) is 4.05. The lowest BCUT2D eigenvalue weighted by Gasteiger charge is -2.38. The maximum absolute atomic E-state index is 13.0. The van der Waals surface area contributed by atoms with Crippen LogP contribution in [0, 0.1) is 0 Å². The van der Waals surface area contributed by atoms with Gasteiger partial charge >= 0.3 is 5.69 Å². The minimum Gasteiger partial charge on any atom is -0.366 e. The number of nitrogens with one attached hydrogen (secondary N) is 1. The van der Waals surface area contributed by atoms with Gasteiger partial charge in [-0.25, -0.2) is 4.79 Å².